The number of hydrogen-bond acceptors (Lipinski definition) is 3. The van der Waals surface area contributed by atoms with Crippen LogP contribution >= 0.6 is 23.4 Å². The van der Waals surface area contributed by atoms with Crippen LogP contribution in [0.2, 0.25) is 5.02 Å². The lowest BCUT2D eigenvalue weighted by Gasteiger charge is -2.07. The van der Waals surface area contributed by atoms with Crippen molar-refractivity contribution >= 4 is 35.0 Å². The summed E-state index contributed by atoms with van der Waals surface area (Å²) in [6.07, 6.45) is 0. The van der Waals surface area contributed by atoms with Gasteiger partial charge in [-0.05, 0) is 30.3 Å². The lowest BCUT2D eigenvalue weighted by Crippen LogP contribution is -2.14. The molecule has 0 unspecified atom stereocenters. The van der Waals surface area contributed by atoms with Gasteiger partial charge in [0.2, 0.25) is 5.91 Å². The van der Waals surface area contributed by atoms with E-state index in [2.05, 4.69) is 5.32 Å². The summed E-state index contributed by atoms with van der Waals surface area (Å²) in [7, 11) is 0. The molecule has 0 heterocycles. The van der Waals surface area contributed by atoms with Crippen molar-refractivity contribution in [2.45, 2.75) is 4.90 Å². The minimum Gasteiger partial charge on any atom is -0.324 e. The van der Waals surface area contributed by atoms with Gasteiger partial charge in [0.05, 0.1) is 28.1 Å². The van der Waals surface area contributed by atoms with Gasteiger partial charge in [-0.3, -0.25) is 4.79 Å². The zero-order valence-electron chi connectivity index (χ0n) is 10.5. The molecule has 0 bridgehead atoms. The summed E-state index contributed by atoms with van der Waals surface area (Å²) in [4.78, 5) is 12.9. The molecule has 0 spiro atoms. The molecule has 5 heteroatoms. The second kappa shape index (κ2) is 6.99. The maximum Gasteiger partial charge on any atom is 0.234 e. The number of carbonyl (C=O) groups is 1. The number of carbonyl (C=O) groups excluding carboxylic acids is 1. The second-order valence-corrected chi connectivity index (χ2v) is 5.41. The molecule has 0 aliphatic heterocycles. The Morgan fingerprint density at radius 2 is 2.00 bits per heavy atom. The Morgan fingerprint density at radius 1 is 1.25 bits per heavy atom. The predicted octanol–water partition coefficient (Wildman–Crippen LogP) is 3.94. The van der Waals surface area contributed by atoms with Crippen LogP contribution in [-0.2, 0) is 4.79 Å². The van der Waals surface area contributed by atoms with Gasteiger partial charge in [0, 0.05) is 4.90 Å². The minimum absolute atomic E-state index is 0.134. The second-order valence-electron chi connectivity index (χ2n) is 3.96. The minimum atomic E-state index is -0.134. The van der Waals surface area contributed by atoms with Crippen molar-refractivity contribution < 1.29 is 4.79 Å². The van der Waals surface area contributed by atoms with Crippen molar-refractivity contribution in [3.8, 4) is 6.07 Å². The third-order valence-corrected chi connectivity index (χ3v) is 3.81. The zero-order valence-corrected chi connectivity index (χ0v) is 12.0. The lowest BCUT2D eigenvalue weighted by atomic mass is 10.2. The number of nitriles is 1. The Balaban J connectivity index is 1.93. The quantitative estimate of drug-likeness (QED) is 0.870. The van der Waals surface area contributed by atoms with E-state index in [1.165, 1.54) is 17.8 Å². The van der Waals surface area contributed by atoms with Crippen LogP contribution in [0.15, 0.2) is 53.4 Å². The Hall–Kier alpha value is -1.96. The summed E-state index contributed by atoms with van der Waals surface area (Å²) in [6.45, 7) is 0. The summed E-state index contributed by atoms with van der Waals surface area (Å²) in [5.74, 6) is 0.172. The van der Waals surface area contributed by atoms with Crippen LogP contribution in [0.3, 0.4) is 0 Å². The number of nitrogens with one attached hydrogen (secondary N) is 1. The highest BCUT2D eigenvalue weighted by Crippen LogP contribution is 2.23. The summed E-state index contributed by atoms with van der Waals surface area (Å²) < 4.78 is 0. The molecule has 20 heavy (non-hydrogen) atoms. The summed E-state index contributed by atoms with van der Waals surface area (Å²) >= 11 is 7.45. The number of anilines is 1. The van der Waals surface area contributed by atoms with Crippen LogP contribution < -0.4 is 5.32 Å². The molecule has 0 saturated heterocycles. The van der Waals surface area contributed by atoms with E-state index in [1.807, 2.05) is 36.4 Å². The van der Waals surface area contributed by atoms with Crippen molar-refractivity contribution in [1.82, 2.24) is 0 Å². The highest BCUT2D eigenvalue weighted by atomic mass is 35.5. The molecule has 2 rings (SSSR count). The Bertz CT molecular complexity index is 653. The first-order valence-electron chi connectivity index (χ1n) is 5.86. The first-order chi connectivity index (χ1) is 9.69. The number of amides is 1. The van der Waals surface area contributed by atoms with E-state index in [1.54, 1.807) is 12.1 Å². The van der Waals surface area contributed by atoms with Crippen molar-refractivity contribution in [3.05, 3.63) is 59.1 Å². The van der Waals surface area contributed by atoms with E-state index in [4.69, 9.17) is 16.9 Å². The van der Waals surface area contributed by atoms with Crippen molar-refractivity contribution in [2.24, 2.45) is 0 Å². The molecule has 2 aromatic carbocycles. The lowest BCUT2D eigenvalue weighted by molar-refractivity contribution is -0.113. The van der Waals surface area contributed by atoms with Crippen LogP contribution in [-0.4, -0.2) is 11.7 Å². The number of halogens is 1. The average Bonchev–Trinajstić information content (AvgIpc) is 2.48. The normalized spacial score (nSPS) is 9.80. The number of hydrogen-bond donors (Lipinski definition) is 1. The SMILES string of the molecule is N#Cc1ccc(NC(=O)CSc2ccccc2)c(Cl)c1. The van der Waals surface area contributed by atoms with Gasteiger partial charge in [-0.25, -0.2) is 0 Å². The number of benzene rings is 2. The Kier molecular flexibility index (Phi) is 5.05. The van der Waals surface area contributed by atoms with E-state index in [0.29, 0.717) is 22.0 Å². The maximum absolute atomic E-state index is 11.8. The van der Waals surface area contributed by atoms with Crippen molar-refractivity contribution in [2.75, 3.05) is 11.1 Å². The fraction of sp³-hybridized carbons (Fsp3) is 0.0667. The smallest absolute Gasteiger partial charge is 0.234 e. The van der Waals surface area contributed by atoms with Crippen LogP contribution in [0, 0.1) is 11.3 Å². The molecular weight excluding hydrogens is 292 g/mol. The largest absolute Gasteiger partial charge is 0.324 e. The summed E-state index contributed by atoms with van der Waals surface area (Å²) in [5, 5.41) is 11.8. The van der Waals surface area contributed by atoms with Crippen molar-refractivity contribution in [3.63, 3.8) is 0 Å². The third kappa shape index (κ3) is 4.02. The first kappa shape index (κ1) is 14.4. The van der Waals surface area contributed by atoms with E-state index in [9.17, 15) is 4.79 Å². The summed E-state index contributed by atoms with van der Waals surface area (Å²) in [6, 6.07) is 16.5. The highest BCUT2D eigenvalue weighted by molar-refractivity contribution is 8.00. The predicted molar refractivity (Wildman–Crippen MR) is 82.0 cm³/mol. The zero-order chi connectivity index (χ0) is 14.4. The molecule has 0 radical (unpaired) electrons. The van der Waals surface area contributed by atoms with Gasteiger partial charge in [-0.2, -0.15) is 5.26 Å². The van der Waals surface area contributed by atoms with Gasteiger partial charge in [0.1, 0.15) is 0 Å². The molecule has 0 aliphatic carbocycles. The molecule has 0 aromatic heterocycles. The standard InChI is InChI=1S/C15H11ClN2OS/c16-13-8-11(9-17)6-7-14(13)18-15(19)10-20-12-4-2-1-3-5-12/h1-8H,10H2,(H,18,19). The molecule has 2 aromatic rings. The Labute approximate surface area is 126 Å². The van der Waals surface area contributed by atoms with Crippen LogP contribution in [0.4, 0.5) is 5.69 Å². The monoisotopic (exact) mass is 302 g/mol. The van der Waals surface area contributed by atoms with Gasteiger partial charge in [-0.1, -0.05) is 29.8 Å². The fourth-order valence-electron chi connectivity index (χ4n) is 1.54. The van der Waals surface area contributed by atoms with Crippen LogP contribution in [0.25, 0.3) is 0 Å². The average molecular weight is 303 g/mol. The molecule has 1 N–H and O–H groups in total. The number of rotatable bonds is 4. The van der Waals surface area contributed by atoms with Gasteiger partial charge in [-0.15, -0.1) is 11.8 Å². The Morgan fingerprint density at radius 3 is 2.65 bits per heavy atom. The number of nitrogens with zero attached hydrogens (tertiary/aromatic N) is 1. The fourth-order valence-corrected chi connectivity index (χ4v) is 2.49. The molecule has 3 nitrogen and oxygen atoms in total. The third-order valence-electron chi connectivity index (χ3n) is 2.49. The summed E-state index contributed by atoms with van der Waals surface area (Å²) in [5.41, 5.74) is 0.982. The van der Waals surface area contributed by atoms with E-state index >= 15 is 0 Å². The van der Waals surface area contributed by atoms with Crippen LogP contribution in [0.5, 0.6) is 0 Å². The first-order valence-corrected chi connectivity index (χ1v) is 7.23. The maximum atomic E-state index is 11.8. The van der Waals surface area contributed by atoms with E-state index in [0.717, 1.165) is 4.90 Å². The van der Waals surface area contributed by atoms with E-state index < -0.39 is 0 Å². The van der Waals surface area contributed by atoms with Crippen molar-refractivity contribution in [1.29, 1.82) is 5.26 Å². The topological polar surface area (TPSA) is 52.9 Å². The van der Waals surface area contributed by atoms with Crippen LogP contribution in [0.1, 0.15) is 5.56 Å². The van der Waals surface area contributed by atoms with Gasteiger partial charge in [0.15, 0.2) is 0 Å². The molecule has 0 aliphatic rings. The molecular formula is C15H11ClN2OS. The molecule has 0 atom stereocenters. The van der Waals surface area contributed by atoms with Gasteiger partial charge in [0.25, 0.3) is 0 Å². The van der Waals surface area contributed by atoms with Gasteiger partial charge >= 0.3 is 0 Å². The molecule has 100 valence electrons. The van der Waals surface area contributed by atoms with E-state index in [-0.39, 0.29) is 5.91 Å². The number of thioether (sulfide) groups is 1. The molecule has 0 fully saturated rings. The molecule has 1 amide bonds. The van der Waals surface area contributed by atoms with Gasteiger partial charge < -0.3 is 5.32 Å². The highest BCUT2D eigenvalue weighted by Gasteiger charge is 2.07. The molecule has 0 saturated carbocycles.